The highest BCUT2D eigenvalue weighted by Gasteiger charge is 2.47. The van der Waals surface area contributed by atoms with E-state index in [1.165, 1.54) is 18.2 Å². The molecule has 2 aliphatic heterocycles. The van der Waals surface area contributed by atoms with Crippen LogP contribution in [0.3, 0.4) is 0 Å². The lowest BCUT2D eigenvalue weighted by atomic mass is 10.0. The van der Waals surface area contributed by atoms with Crippen molar-refractivity contribution in [2.45, 2.75) is 31.5 Å². The Morgan fingerprint density at radius 1 is 0.909 bits per heavy atom. The quantitative estimate of drug-likeness (QED) is 0.535. The van der Waals surface area contributed by atoms with Crippen LogP contribution in [0.15, 0.2) is 72.8 Å². The summed E-state index contributed by atoms with van der Waals surface area (Å²) < 4.78 is 34.3. The smallest absolute Gasteiger partial charge is 0.322 e. The molecular weight excluding hydrogens is 424 g/mol. The van der Waals surface area contributed by atoms with Gasteiger partial charge < -0.3 is 15.0 Å². The van der Waals surface area contributed by atoms with Gasteiger partial charge in [-0.2, -0.15) is 0 Å². The molecule has 7 heteroatoms. The molecule has 0 aliphatic carbocycles. The molecule has 3 aromatic carbocycles. The fourth-order valence-electron chi connectivity index (χ4n) is 4.92. The number of para-hydroxylation sites is 1. The SMILES string of the molecule is CC(c1c(F)cccc1F)N1CC2CC1CN2C(=O)Nc1ccc(Oc2ccccc2)cc1. The Balaban J connectivity index is 1.19. The van der Waals surface area contributed by atoms with E-state index in [9.17, 15) is 13.6 Å². The maximum Gasteiger partial charge on any atom is 0.322 e. The van der Waals surface area contributed by atoms with Gasteiger partial charge in [-0.15, -0.1) is 0 Å². The number of carbonyl (C=O) groups excluding carboxylic acids is 1. The van der Waals surface area contributed by atoms with Crippen LogP contribution in [0.2, 0.25) is 0 Å². The molecule has 170 valence electrons. The standard InChI is InChI=1S/C26H25F2N3O2/c1-17(25-23(27)8-5-9-24(25)28)30-15-20-14-19(30)16-31(20)26(32)29-18-10-12-22(13-11-18)33-21-6-3-2-4-7-21/h2-13,17,19-20H,14-16H2,1H3,(H,29,32). The minimum Gasteiger partial charge on any atom is -0.457 e. The van der Waals surface area contributed by atoms with Gasteiger partial charge in [-0.3, -0.25) is 4.90 Å². The van der Waals surface area contributed by atoms with Crippen molar-refractivity contribution in [2.24, 2.45) is 0 Å². The van der Waals surface area contributed by atoms with Gasteiger partial charge in [-0.25, -0.2) is 13.6 Å². The molecule has 5 nitrogen and oxygen atoms in total. The number of ether oxygens (including phenoxy) is 1. The van der Waals surface area contributed by atoms with Crippen LogP contribution in [0.5, 0.6) is 11.5 Å². The first-order valence-electron chi connectivity index (χ1n) is 11.1. The molecule has 2 amide bonds. The first-order valence-corrected chi connectivity index (χ1v) is 11.1. The fraction of sp³-hybridized carbons (Fsp3) is 0.269. The third-order valence-corrected chi connectivity index (χ3v) is 6.54. The van der Waals surface area contributed by atoms with E-state index in [-0.39, 0.29) is 29.7 Å². The van der Waals surface area contributed by atoms with Crippen LogP contribution in [-0.2, 0) is 0 Å². The number of halogens is 2. The Labute approximate surface area is 191 Å². The molecule has 3 aromatic rings. The summed E-state index contributed by atoms with van der Waals surface area (Å²) in [6.45, 7) is 2.95. The number of hydrogen-bond donors (Lipinski definition) is 1. The molecule has 3 atom stereocenters. The van der Waals surface area contributed by atoms with E-state index in [0.717, 1.165) is 12.2 Å². The number of nitrogens with zero attached hydrogens (tertiary/aromatic N) is 2. The third-order valence-electron chi connectivity index (χ3n) is 6.54. The third kappa shape index (κ3) is 4.28. The minimum atomic E-state index is -0.528. The van der Waals surface area contributed by atoms with Gasteiger partial charge in [0.25, 0.3) is 0 Å². The van der Waals surface area contributed by atoms with Crippen molar-refractivity contribution in [3.63, 3.8) is 0 Å². The van der Waals surface area contributed by atoms with Crippen molar-refractivity contribution < 1.29 is 18.3 Å². The molecule has 0 saturated carbocycles. The summed E-state index contributed by atoms with van der Waals surface area (Å²) in [4.78, 5) is 16.8. The highest BCUT2D eigenvalue weighted by Crippen LogP contribution is 2.38. The number of fused-ring (bicyclic) bond motifs is 2. The Kier molecular flexibility index (Phi) is 5.72. The lowest BCUT2D eigenvalue weighted by molar-refractivity contribution is 0.112. The highest BCUT2D eigenvalue weighted by molar-refractivity contribution is 5.90. The summed E-state index contributed by atoms with van der Waals surface area (Å²) >= 11 is 0. The van der Waals surface area contributed by atoms with Gasteiger partial charge in [0.15, 0.2) is 0 Å². The molecule has 0 spiro atoms. The van der Waals surface area contributed by atoms with Gasteiger partial charge in [0.1, 0.15) is 23.1 Å². The first kappa shape index (κ1) is 21.4. The molecule has 0 radical (unpaired) electrons. The normalized spacial score (nSPS) is 20.6. The van der Waals surface area contributed by atoms with Crippen molar-refractivity contribution in [3.8, 4) is 11.5 Å². The van der Waals surface area contributed by atoms with Crippen LogP contribution in [0.1, 0.15) is 24.9 Å². The number of amides is 2. The fourth-order valence-corrected chi connectivity index (χ4v) is 4.92. The number of rotatable bonds is 5. The molecule has 2 saturated heterocycles. The highest BCUT2D eigenvalue weighted by atomic mass is 19.1. The molecule has 5 rings (SSSR count). The molecule has 3 unspecified atom stereocenters. The van der Waals surface area contributed by atoms with Gasteiger partial charge >= 0.3 is 6.03 Å². The summed E-state index contributed by atoms with van der Waals surface area (Å²) in [5.74, 6) is 0.375. The minimum absolute atomic E-state index is 0.0213. The van der Waals surface area contributed by atoms with Crippen LogP contribution in [-0.4, -0.2) is 41.0 Å². The average Bonchev–Trinajstić information content (AvgIpc) is 3.42. The second-order valence-electron chi connectivity index (χ2n) is 8.57. The van der Waals surface area contributed by atoms with Gasteiger partial charge in [0.05, 0.1) is 0 Å². The molecule has 2 heterocycles. The van der Waals surface area contributed by atoms with E-state index in [1.54, 1.807) is 12.1 Å². The second-order valence-corrected chi connectivity index (χ2v) is 8.57. The monoisotopic (exact) mass is 449 g/mol. The number of likely N-dealkylation sites (tertiary alicyclic amines) is 2. The molecular formula is C26H25F2N3O2. The maximum atomic E-state index is 14.2. The van der Waals surface area contributed by atoms with E-state index in [2.05, 4.69) is 10.2 Å². The Morgan fingerprint density at radius 2 is 1.58 bits per heavy atom. The van der Waals surface area contributed by atoms with Crippen molar-refractivity contribution in [3.05, 3.63) is 90.0 Å². The molecule has 33 heavy (non-hydrogen) atoms. The van der Waals surface area contributed by atoms with Crippen molar-refractivity contribution in [2.75, 3.05) is 18.4 Å². The van der Waals surface area contributed by atoms with Gasteiger partial charge in [0, 0.05) is 42.5 Å². The number of piperazine rings is 1. The summed E-state index contributed by atoms with van der Waals surface area (Å²) in [6, 6.07) is 20.2. The summed E-state index contributed by atoms with van der Waals surface area (Å²) in [6.07, 6.45) is 0.803. The van der Waals surface area contributed by atoms with Crippen LogP contribution < -0.4 is 10.1 Å². The van der Waals surface area contributed by atoms with Crippen molar-refractivity contribution in [1.82, 2.24) is 9.80 Å². The van der Waals surface area contributed by atoms with Gasteiger partial charge in [-0.1, -0.05) is 24.3 Å². The van der Waals surface area contributed by atoms with Crippen LogP contribution >= 0.6 is 0 Å². The van der Waals surface area contributed by atoms with E-state index < -0.39 is 11.6 Å². The van der Waals surface area contributed by atoms with E-state index in [4.69, 9.17) is 4.74 Å². The maximum absolute atomic E-state index is 14.2. The van der Waals surface area contributed by atoms with Gasteiger partial charge in [0.2, 0.25) is 0 Å². The number of carbonyl (C=O) groups is 1. The zero-order valence-electron chi connectivity index (χ0n) is 18.2. The predicted octanol–water partition coefficient (Wildman–Crippen LogP) is 5.81. The summed E-state index contributed by atoms with van der Waals surface area (Å²) in [7, 11) is 0. The number of benzene rings is 3. The van der Waals surface area contributed by atoms with E-state index >= 15 is 0 Å². The summed E-state index contributed by atoms with van der Waals surface area (Å²) in [5, 5.41) is 2.95. The van der Waals surface area contributed by atoms with Crippen LogP contribution in [0, 0.1) is 11.6 Å². The first-order chi connectivity index (χ1) is 16.0. The zero-order valence-corrected chi connectivity index (χ0v) is 18.2. The number of anilines is 1. The summed E-state index contributed by atoms with van der Waals surface area (Å²) in [5.41, 5.74) is 0.778. The number of nitrogens with one attached hydrogen (secondary N) is 1. The predicted molar refractivity (Wildman–Crippen MR) is 122 cm³/mol. The topological polar surface area (TPSA) is 44.8 Å². The van der Waals surface area contributed by atoms with Crippen molar-refractivity contribution >= 4 is 11.7 Å². The van der Waals surface area contributed by atoms with Crippen molar-refractivity contribution in [1.29, 1.82) is 0 Å². The van der Waals surface area contributed by atoms with Crippen LogP contribution in [0.25, 0.3) is 0 Å². The number of urea groups is 1. The molecule has 2 aliphatic rings. The Hall–Kier alpha value is -3.45. The largest absolute Gasteiger partial charge is 0.457 e. The lowest BCUT2D eigenvalue weighted by Crippen LogP contribution is -2.50. The molecule has 2 bridgehead atoms. The Bertz CT molecular complexity index is 1120. The molecule has 1 N–H and O–H groups in total. The molecule has 2 fully saturated rings. The average molecular weight is 450 g/mol. The lowest BCUT2D eigenvalue weighted by Gasteiger charge is -2.37. The van der Waals surface area contributed by atoms with Crippen LogP contribution in [0.4, 0.5) is 19.3 Å². The van der Waals surface area contributed by atoms with Gasteiger partial charge in [-0.05, 0) is 61.9 Å². The number of hydrogen-bond acceptors (Lipinski definition) is 3. The molecule has 0 aromatic heterocycles. The van der Waals surface area contributed by atoms with E-state index in [0.29, 0.717) is 24.5 Å². The second kappa shape index (κ2) is 8.83. The Morgan fingerprint density at radius 3 is 2.21 bits per heavy atom. The van der Waals surface area contributed by atoms with E-state index in [1.807, 2.05) is 54.3 Å². The zero-order chi connectivity index (χ0) is 22.9.